The zero-order valence-electron chi connectivity index (χ0n) is 15.0. The highest BCUT2D eigenvalue weighted by Gasteiger charge is 2.12. The van der Waals surface area contributed by atoms with Crippen molar-refractivity contribution >= 4 is 29.0 Å². The van der Waals surface area contributed by atoms with Gasteiger partial charge in [-0.3, -0.25) is 0 Å². The molecular formula is C18H23N5O2S. The van der Waals surface area contributed by atoms with Gasteiger partial charge in [-0.2, -0.15) is 9.97 Å². The number of ether oxygens (including phenoxy) is 2. The van der Waals surface area contributed by atoms with E-state index in [1.54, 1.807) is 6.07 Å². The van der Waals surface area contributed by atoms with Crippen LogP contribution < -0.4 is 25.0 Å². The summed E-state index contributed by atoms with van der Waals surface area (Å²) in [5.74, 6) is 1.13. The minimum absolute atomic E-state index is 0.322. The lowest BCUT2D eigenvalue weighted by Gasteiger charge is -2.18. The van der Waals surface area contributed by atoms with E-state index in [4.69, 9.17) is 21.7 Å². The zero-order valence-corrected chi connectivity index (χ0v) is 15.8. The summed E-state index contributed by atoms with van der Waals surface area (Å²) in [4.78, 5) is 10.8. The molecule has 0 bridgehead atoms. The summed E-state index contributed by atoms with van der Waals surface area (Å²) in [7, 11) is 3.07. The quantitative estimate of drug-likeness (QED) is 0.749. The molecule has 0 saturated carbocycles. The monoisotopic (exact) mass is 373 g/mol. The maximum Gasteiger partial charge on any atom is 0.235 e. The molecular weight excluding hydrogens is 350 g/mol. The van der Waals surface area contributed by atoms with Crippen molar-refractivity contribution in [3.63, 3.8) is 0 Å². The molecule has 0 amide bonds. The maximum atomic E-state index is 5.32. The molecule has 138 valence electrons. The number of nitrogens with zero attached hydrogens (tertiary/aromatic N) is 3. The van der Waals surface area contributed by atoms with Crippen LogP contribution in [0.25, 0.3) is 0 Å². The lowest BCUT2D eigenvalue weighted by molar-refractivity contribution is 0.373. The number of rotatable bonds is 6. The van der Waals surface area contributed by atoms with Crippen LogP contribution in [-0.2, 0) is 6.54 Å². The molecule has 0 aliphatic carbocycles. The molecule has 2 heterocycles. The maximum absolute atomic E-state index is 5.32. The van der Waals surface area contributed by atoms with Crippen molar-refractivity contribution in [3.8, 4) is 11.8 Å². The van der Waals surface area contributed by atoms with Crippen LogP contribution in [0.3, 0.4) is 0 Å². The Morgan fingerprint density at radius 2 is 1.69 bits per heavy atom. The second-order valence-corrected chi connectivity index (χ2v) is 6.35. The third kappa shape index (κ3) is 4.72. The summed E-state index contributed by atoms with van der Waals surface area (Å²) >= 11 is 5.32. The smallest absolute Gasteiger partial charge is 0.235 e. The highest BCUT2D eigenvalue weighted by molar-refractivity contribution is 7.80. The fourth-order valence-corrected chi connectivity index (χ4v) is 2.96. The molecule has 0 radical (unpaired) electrons. The molecule has 1 aliphatic heterocycles. The Labute approximate surface area is 158 Å². The highest BCUT2D eigenvalue weighted by Crippen LogP contribution is 2.20. The number of benzene rings is 1. The van der Waals surface area contributed by atoms with E-state index in [-0.39, 0.29) is 0 Å². The van der Waals surface area contributed by atoms with Crippen LogP contribution in [0.4, 0.5) is 11.6 Å². The number of hydrogen-bond acceptors (Lipinski definition) is 6. The van der Waals surface area contributed by atoms with Gasteiger partial charge in [-0.25, -0.2) is 0 Å². The van der Waals surface area contributed by atoms with Crippen molar-refractivity contribution in [3.05, 3.63) is 35.9 Å². The summed E-state index contributed by atoms with van der Waals surface area (Å²) < 4.78 is 10.2. The summed E-state index contributed by atoms with van der Waals surface area (Å²) in [6, 6.07) is 10.2. The molecule has 8 heteroatoms. The van der Waals surface area contributed by atoms with Gasteiger partial charge in [0.15, 0.2) is 5.11 Å². The molecule has 0 spiro atoms. The van der Waals surface area contributed by atoms with E-state index in [0.29, 0.717) is 29.4 Å². The fourth-order valence-electron chi connectivity index (χ4n) is 2.80. The number of hydrogen-bond donors (Lipinski definition) is 2. The van der Waals surface area contributed by atoms with Crippen LogP contribution in [0.15, 0.2) is 30.3 Å². The Morgan fingerprint density at radius 1 is 1.08 bits per heavy atom. The van der Waals surface area contributed by atoms with Gasteiger partial charge in [0.25, 0.3) is 0 Å². The molecule has 26 heavy (non-hydrogen) atoms. The first-order valence-electron chi connectivity index (χ1n) is 8.54. The fraction of sp³-hybridized carbons (Fsp3) is 0.389. The van der Waals surface area contributed by atoms with Gasteiger partial charge < -0.3 is 25.0 Å². The molecule has 0 unspecified atom stereocenters. The molecule has 7 nitrogen and oxygen atoms in total. The van der Waals surface area contributed by atoms with Crippen molar-refractivity contribution < 1.29 is 9.47 Å². The third-order valence-electron chi connectivity index (χ3n) is 4.18. The summed E-state index contributed by atoms with van der Waals surface area (Å²) in [5.41, 5.74) is 2.44. The molecule has 1 fully saturated rings. The average molecular weight is 373 g/mol. The lowest BCUT2D eigenvalue weighted by Crippen LogP contribution is -2.28. The van der Waals surface area contributed by atoms with E-state index in [0.717, 1.165) is 18.7 Å². The Hall–Kier alpha value is -2.61. The van der Waals surface area contributed by atoms with Crippen molar-refractivity contribution in [2.24, 2.45) is 0 Å². The summed E-state index contributed by atoms with van der Waals surface area (Å²) in [6.07, 6.45) is 2.56. The average Bonchev–Trinajstić information content (AvgIpc) is 3.21. The van der Waals surface area contributed by atoms with Crippen LogP contribution in [0, 0.1) is 0 Å². The number of anilines is 2. The third-order valence-corrected chi connectivity index (χ3v) is 4.43. The normalized spacial score (nSPS) is 13.4. The van der Waals surface area contributed by atoms with Gasteiger partial charge in [0.05, 0.1) is 20.3 Å². The molecule has 0 atom stereocenters. The largest absolute Gasteiger partial charge is 0.481 e. The van der Waals surface area contributed by atoms with Gasteiger partial charge in [-0.05, 0) is 42.8 Å². The standard InChI is InChI=1S/C18H23N5O2S/c1-24-15-11-16(25-2)21-17(20-15)22-18(26)19-12-13-5-7-14(8-6-13)23-9-3-4-10-23/h5-8,11H,3-4,9-10,12H2,1-2H3,(H2,19,20,21,22,26). The van der Waals surface area contributed by atoms with E-state index < -0.39 is 0 Å². The topological polar surface area (TPSA) is 71.5 Å². The van der Waals surface area contributed by atoms with Crippen LogP contribution >= 0.6 is 12.2 Å². The minimum Gasteiger partial charge on any atom is -0.481 e. The SMILES string of the molecule is COc1cc(OC)nc(NC(=S)NCc2ccc(N3CCCC3)cc2)n1. The van der Waals surface area contributed by atoms with Gasteiger partial charge in [0.1, 0.15) is 0 Å². The van der Waals surface area contributed by atoms with Crippen LogP contribution in [0.2, 0.25) is 0 Å². The lowest BCUT2D eigenvalue weighted by atomic mass is 10.2. The molecule has 1 aromatic carbocycles. The Kier molecular flexibility index (Phi) is 6.06. The van der Waals surface area contributed by atoms with Crippen LogP contribution in [0.1, 0.15) is 18.4 Å². The molecule has 1 saturated heterocycles. The van der Waals surface area contributed by atoms with Gasteiger partial charge in [-0.15, -0.1) is 0 Å². The number of nitrogens with one attached hydrogen (secondary N) is 2. The van der Waals surface area contributed by atoms with Crippen molar-refractivity contribution in [2.75, 3.05) is 37.5 Å². The predicted molar refractivity (Wildman–Crippen MR) is 106 cm³/mol. The molecule has 1 aromatic heterocycles. The first-order chi connectivity index (χ1) is 12.7. The molecule has 3 rings (SSSR count). The minimum atomic E-state index is 0.322. The van der Waals surface area contributed by atoms with Gasteiger partial charge in [0, 0.05) is 25.3 Å². The van der Waals surface area contributed by atoms with E-state index in [9.17, 15) is 0 Å². The zero-order chi connectivity index (χ0) is 18.4. The number of methoxy groups -OCH3 is 2. The highest BCUT2D eigenvalue weighted by atomic mass is 32.1. The van der Waals surface area contributed by atoms with Gasteiger partial charge in [0.2, 0.25) is 17.7 Å². The Morgan fingerprint density at radius 3 is 2.27 bits per heavy atom. The number of thiocarbonyl (C=S) groups is 1. The Balaban J connectivity index is 1.54. The second-order valence-electron chi connectivity index (χ2n) is 5.94. The summed E-state index contributed by atoms with van der Waals surface area (Å²) in [5, 5.41) is 6.54. The number of aromatic nitrogens is 2. The van der Waals surface area contributed by atoms with E-state index >= 15 is 0 Å². The van der Waals surface area contributed by atoms with Gasteiger partial charge >= 0.3 is 0 Å². The predicted octanol–water partition coefficient (Wildman–Crippen LogP) is 2.58. The van der Waals surface area contributed by atoms with Crippen molar-refractivity contribution in [1.29, 1.82) is 0 Å². The molecule has 1 aliphatic rings. The summed E-state index contributed by atoms with van der Waals surface area (Å²) in [6.45, 7) is 2.92. The van der Waals surface area contributed by atoms with E-state index in [1.807, 2.05) is 0 Å². The van der Waals surface area contributed by atoms with Crippen LogP contribution in [0.5, 0.6) is 11.8 Å². The Bertz CT molecular complexity index is 725. The van der Waals surface area contributed by atoms with Crippen molar-refractivity contribution in [1.82, 2.24) is 15.3 Å². The van der Waals surface area contributed by atoms with Crippen LogP contribution in [-0.4, -0.2) is 42.4 Å². The molecule has 2 aromatic rings. The van der Waals surface area contributed by atoms with Crippen molar-refractivity contribution in [2.45, 2.75) is 19.4 Å². The van der Waals surface area contributed by atoms with E-state index in [2.05, 4.69) is 49.8 Å². The second kappa shape index (κ2) is 8.66. The first kappa shape index (κ1) is 18.2. The molecule has 2 N–H and O–H groups in total. The first-order valence-corrected chi connectivity index (χ1v) is 8.94. The van der Waals surface area contributed by atoms with Gasteiger partial charge in [-0.1, -0.05) is 12.1 Å². The van der Waals surface area contributed by atoms with E-state index in [1.165, 1.54) is 32.7 Å².